The van der Waals surface area contributed by atoms with Crippen LogP contribution in [0.5, 0.6) is 0 Å². The summed E-state index contributed by atoms with van der Waals surface area (Å²) in [6.07, 6.45) is 1.41. The summed E-state index contributed by atoms with van der Waals surface area (Å²) in [5, 5.41) is 6.77. The molecular weight excluding hydrogens is 468 g/mol. The molecule has 8 nitrogen and oxygen atoms in total. The number of pyridine rings is 2. The third kappa shape index (κ3) is 4.48. The van der Waals surface area contributed by atoms with Gasteiger partial charge in [0.05, 0.1) is 5.39 Å². The molecule has 1 amide bonds. The fraction of sp³-hybridized carbons (Fsp3) is 0.115. The molecule has 2 aromatic carbocycles. The van der Waals surface area contributed by atoms with E-state index in [9.17, 15) is 18.4 Å². The van der Waals surface area contributed by atoms with E-state index in [1.165, 1.54) is 35.0 Å². The second kappa shape index (κ2) is 9.14. The topological polar surface area (TPSA) is 103 Å². The molecule has 0 saturated carbocycles. The van der Waals surface area contributed by atoms with E-state index in [2.05, 4.69) is 20.4 Å². The molecule has 0 aliphatic heterocycles. The van der Waals surface area contributed by atoms with Crippen molar-refractivity contribution in [3.8, 4) is 22.8 Å². The molecule has 180 valence electrons. The molecule has 0 saturated heterocycles. The lowest BCUT2D eigenvalue weighted by molar-refractivity contribution is -0.116. The molecule has 5 aromatic rings. The molecule has 1 N–H and O–H groups in total. The molecule has 3 aromatic heterocycles. The maximum Gasteiger partial charge on any atom is 0.263 e. The van der Waals surface area contributed by atoms with Crippen molar-refractivity contribution in [1.29, 1.82) is 0 Å². The van der Waals surface area contributed by atoms with E-state index in [1.807, 2.05) is 0 Å². The highest BCUT2D eigenvalue weighted by Crippen LogP contribution is 2.23. The average molecular weight is 487 g/mol. The number of carbonyl (C=O) groups excluding carboxylic acids is 1. The Hall–Kier alpha value is -4.73. The Morgan fingerprint density at radius 2 is 1.89 bits per heavy atom. The van der Waals surface area contributed by atoms with Gasteiger partial charge in [0.15, 0.2) is 0 Å². The van der Waals surface area contributed by atoms with Gasteiger partial charge in [-0.1, -0.05) is 23.4 Å². The molecule has 3 heterocycles. The largest absolute Gasteiger partial charge is 0.333 e. The second-order valence-corrected chi connectivity index (χ2v) is 8.27. The Balaban J connectivity index is 1.54. The highest BCUT2D eigenvalue weighted by Gasteiger charge is 2.19. The predicted molar refractivity (Wildman–Crippen MR) is 129 cm³/mol. The minimum atomic E-state index is -0.465. The van der Waals surface area contributed by atoms with Gasteiger partial charge in [-0.05, 0) is 55.8 Å². The van der Waals surface area contributed by atoms with Gasteiger partial charge in [0.2, 0.25) is 17.2 Å². The highest BCUT2D eigenvalue weighted by molar-refractivity contribution is 5.92. The van der Waals surface area contributed by atoms with E-state index in [1.54, 1.807) is 44.2 Å². The standard InChI is InChI=1S/C26H19F2N5O3/c1-14-6-8-18(11-21(14)28)30-22(34)13-33-12-20(23(35)19-9-7-15(2)29-25(19)33)26-31-24(32-36-26)16-4-3-5-17(27)10-16/h3-12H,13H2,1-2H3,(H,30,34). The molecule has 0 bridgehead atoms. The van der Waals surface area contributed by atoms with E-state index in [0.717, 1.165) is 0 Å². The van der Waals surface area contributed by atoms with Gasteiger partial charge in [0.1, 0.15) is 29.4 Å². The quantitative estimate of drug-likeness (QED) is 0.387. The number of hydrogen-bond acceptors (Lipinski definition) is 6. The molecule has 0 radical (unpaired) electrons. The van der Waals surface area contributed by atoms with Crippen molar-refractivity contribution >= 4 is 22.6 Å². The van der Waals surface area contributed by atoms with Crippen LogP contribution in [-0.2, 0) is 11.3 Å². The molecule has 36 heavy (non-hydrogen) atoms. The van der Waals surface area contributed by atoms with Crippen molar-refractivity contribution in [2.75, 3.05) is 5.32 Å². The van der Waals surface area contributed by atoms with E-state index in [0.29, 0.717) is 28.2 Å². The zero-order chi connectivity index (χ0) is 25.4. The summed E-state index contributed by atoms with van der Waals surface area (Å²) in [7, 11) is 0. The molecule has 0 aliphatic rings. The number of halogens is 2. The number of rotatable bonds is 5. The van der Waals surface area contributed by atoms with Crippen LogP contribution in [0.4, 0.5) is 14.5 Å². The molecule has 0 aliphatic carbocycles. The van der Waals surface area contributed by atoms with E-state index < -0.39 is 23.0 Å². The number of nitrogens with one attached hydrogen (secondary N) is 1. The first-order chi connectivity index (χ1) is 17.3. The van der Waals surface area contributed by atoms with Crippen molar-refractivity contribution in [2.45, 2.75) is 20.4 Å². The molecule has 0 fully saturated rings. The lowest BCUT2D eigenvalue weighted by Crippen LogP contribution is -2.22. The Labute approximate surface area is 203 Å². The first-order valence-electron chi connectivity index (χ1n) is 11.0. The summed E-state index contributed by atoms with van der Waals surface area (Å²) in [5.41, 5.74) is 1.72. The number of aryl methyl sites for hydroxylation is 2. The monoisotopic (exact) mass is 487 g/mol. The summed E-state index contributed by atoms with van der Waals surface area (Å²) in [6.45, 7) is 3.17. The van der Waals surface area contributed by atoms with Gasteiger partial charge in [-0.3, -0.25) is 9.59 Å². The number of benzene rings is 2. The van der Waals surface area contributed by atoms with Crippen molar-refractivity contribution < 1.29 is 18.1 Å². The van der Waals surface area contributed by atoms with Crippen molar-refractivity contribution in [3.05, 3.63) is 93.9 Å². The normalized spacial score (nSPS) is 11.1. The minimum Gasteiger partial charge on any atom is -0.333 e. The Morgan fingerprint density at radius 1 is 1.06 bits per heavy atom. The van der Waals surface area contributed by atoms with Gasteiger partial charge in [0, 0.05) is 23.1 Å². The summed E-state index contributed by atoms with van der Waals surface area (Å²) in [6, 6.07) is 13.3. The van der Waals surface area contributed by atoms with Gasteiger partial charge in [-0.2, -0.15) is 4.98 Å². The number of anilines is 1. The number of nitrogens with zero attached hydrogens (tertiary/aromatic N) is 4. The van der Waals surface area contributed by atoms with Crippen LogP contribution in [0.25, 0.3) is 33.9 Å². The maximum atomic E-state index is 13.9. The number of hydrogen-bond donors (Lipinski definition) is 1. The average Bonchev–Trinajstić information content (AvgIpc) is 3.33. The zero-order valence-electron chi connectivity index (χ0n) is 19.3. The van der Waals surface area contributed by atoms with E-state index >= 15 is 0 Å². The van der Waals surface area contributed by atoms with Crippen molar-refractivity contribution in [2.24, 2.45) is 0 Å². The SMILES string of the molecule is Cc1ccc2c(=O)c(-c3nc(-c4cccc(F)c4)no3)cn(CC(=O)Nc3ccc(C)c(F)c3)c2n1. The first-order valence-corrected chi connectivity index (χ1v) is 11.0. The van der Waals surface area contributed by atoms with Crippen LogP contribution in [0.2, 0.25) is 0 Å². The van der Waals surface area contributed by atoms with Crippen LogP contribution in [0.1, 0.15) is 11.3 Å². The highest BCUT2D eigenvalue weighted by atomic mass is 19.1. The Bertz CT molecular complexity index is 1690. The summed E-state index contributed by atoms with van der Waals surface area (Å²) in [5.74, 6) is -1.34. The van der Waals surface area contributed by atoms with Gasteiger partial charge in [-0.15, -0.1) is 0 Å². The van der Waals surface area contributed by atoms with E-state index in [4.69, 9.17) is 4.52 Å². The first kappa shape index (κ1) is 23.0. The molecule has 10 heteroatoms. The van der Waals surface area contributed by atoms with Gasteiger partial charge in [0.25, 0.3) is 5.89 Å². The number of carbonyl (C=O) groups is 1. The fourth-order valence-electron chi connectivity index (χ4n) is 3.74. The minimum absolute atomic E-state index is 0.0532. The van der Waals surface area contributed by atoms with Crippen LogP contribution >= 0.6 is 0 Å². The summed E-state index contributed by atoms with van der Waals surface area (Å²) >= 11 is 0. The van der Waals surface area contributed by atoms with Gasteiger partial charge in [-0.25, -0.2) is 13.8 Å². The Kier molecular flexibility index (Phi) is 5.85. The summed E-state index contributed by atoms with van der Waals surface area (Å²) < 4.78 is 34.3. The molecular formula is C26H19F2N5O3. The van der Waals surface area contributed by atoms with Crippen molar-refractivity contribution in [3.63, 3.8) is 0 Å². The maximum absolute atomic E-state index is 13.9. The molecule has 0 atom stereocenters. The lowest BCUT2D eigenvalue weighted by atomic mass is 10.1. The predicted octanol–water partition coefficient (Wildman–Crippen LogP) is 4.65. The van der Waals surface area contributed by atoms with Crippen LogP contribution in [0.15, 0.2) is 70.1 Å². The zero-order valence-corrected chi connectivity index (χ0v) is 19.3. The van der Waals surface area contributed by atoms with E-state index in [-0.39, 0.29) is 29.2 Å². The number of aromatic nitrogens is 4. The number of fused-ring (bicyclic) bond motifs is 1. The van der Waals surface area contributed by atoms with Crippen LogP contribution in [-0.4, -0.2) is 25.6 Å². The lowest BCUT2D eigenvalue weighted by Gasteiger charge is -2.13. The summed E-state index contributed by atoms with van der Waals surface area (Å²) in [4.78, 5) is 34.8. The van der Waals surface area contributed by atoms with Gasteiger partial charge < -0.3 is 14.4 Å². The molecule has 0 unspecified atom stereocenters. The fourth-order valence-corrected chi connectivity index (χ4v) is 3.74. The van der Waals surface area contributed by atoms with Gasteiger partial charge >= 0.3 is 0 Å². The second-order valence-electron chi connectivity index (χ2n) is 8.27. The number of amides is 1. The third-order valence-corrected chi connectivity index (χ3v) is 5.57. The molecule has 5 rings (SSSR count). The smallest absolute Gasteiger partial charge is 0.263 e. The molecule has 0 spiro atoms. The van der Waals surface area contributed by atoms with Crippen LogP contribution in [0, 0.1) is 25.5 Å². The Morgan fingerprint density at radius 3 is 2.67 bits per heavy atom. The van der Waals surface area contributed by atoms with Crippen LogP contribution < -0.4 is 10.7 Å². The van der Waals surface area contributed by atoms with Crippen LogP contribution in [0.3, 0.4) is 0 Å². The third-order valence-electron chi connectivity index (χ3n) is 5.57. The van der Waals surface area contributed by atoms with Crippen molar-refractivity contribution in [1.82, 2.24) is 19.7 Å².